The average Bonchev–Trinajstić information content (AvgIpc) is 2.36. The van der Waals surface area contributed by atoms with Gasteiger partial charge in [0.05, 0.1) is 20.3 Å². The van der Waals surface area contributed by atoms with Crippen molar-refractivity contribution in [2.75, 3.05) is 20.3 Å². The van der Waals surface area contributed by atoms with Gasteiger partial charge in [-0.05, 0) is 31.2 Å². The molecule has 4 nitrogen and oxygen atoms in total. The van der Waals surface area contributed by atoms with E-state index in [0.29, 0.717) is 6.61 Å². The van der Waals surface area contributed by atoms with Crippen molar-refractivity contribution < 1.29 is 14.3 Å². The molecule has 0 aromatic heterocycles. The number of carbonyl (C=O) groups excluding carboxylic acids is 1. The Morgan fingerprint density at radius 2 is 2.06 bits per heavy atom. The van der Waals surface area contributed by atoms with Crippen LogP contribution < -0.4 is 10.1 Å². The van der Waals surface area contributed by atoms with Crippen molar-refractivity contribution in [3.05, 3.63) is 29.8 Å². The highest BCUT2D eigenvalue weighted by Crippen LogP contribution is 2.09. The van der Waals surface area contributed by atoms with Crippen LogP contribution in [0.4, 0.5) is 4.79 Å². The molecule has 1 rings (SSSR count). The van der Waals surface area contributed by atoms with Gasteiger partial charge in [-0.1, -0.05) is 11.8 Å². The first-order valence-corrected chi connectivity index (χ1v) is 5.29. The lowest BCUT2D eigenvalue weighted by molar-refractivity contribution is 0.153. The van der Waals surface area contributed by atoms with Crippen molar-refractivity contribution in [2.24, 2.45) is 0 Å². The fourth-order valence-electron chi connectivity index (χ4n) is 1.12. The van der Waals surface area contributed by atoms with Gasteiger partial charge in [0.2, 0.25) is 0 Å². The van der Waals surface area contributed by atoms with Gasteiger partial charge in [0.25, 0.3) is 0 Å². The van der Waals surface area contributed by atoms with Crippen LogP contribution in [0.3, 0.4) is 0 Å². The molecular weight excluding hydrogens is 218 g/mol. The molecule has 0 aliphatic rings. The number of nitrogens with one attached hydrogen (secondary N) is 1. The van der Waals surface area contributed by atoms with Gasteiger partial charge < -0.3 is 14.8 Å². The summed E-state index contributed by atoms with van der Waals surface area (Å²) in [6.45, 7) is 2.38. The van der Waals surface area contributed by atoms with Gasteiger partial charge in [0, 0.05) is 5.56 Å². The highest BCUT2D eigenvalue weighted by Gasteiger charge is 1.95. The van der Waals surface area contributed by atoms with Crippen LogP contribution >= 0.6 is 0 Å². The smallest absolute Gasteiger partial charge is 0.407 e. The number of hydrogen-bond acceptors (Lipinski definition) is 3. The molecule has 0 heterocycles. The van der Waals surface area contributed by atoms with Crippen molar-refractivity contribution in [3.8, 4) is 17.6 Å². The minimum atomic E-state index is -0.448. The molecular formula is C13H15NO3. The van der Waals surface area contributed by atoms with Crippen LogP contribution in [0.25, 0.3) is 0 Å². The number of alkyl carbamates (subject to hydrolysis) is 1. The quantitative estimate of drug-likeness (QED) is 0.810. The molecule has 0 radical (unpaired) electrons. The molecule has 17 heavy (non-hydrogen) atoms. The van der Waals surface area contributed by atoms with Gasteiger partial charge in [-0.2, -0.15) is 0 Å². The normalized spacial score (nSPS) is 8.82. The second-order valence-electron chi connectivity index (χ2n) is 3.10. The molecule has 90 valence electrons. The molecule has 0 atom stereocenters. The van der Waals surface area contributed by atoms with Gasteiger partial charge >= 0.3 is 6.09 Å². The van der Waals surface area contributed by atoms with E-state index in [2.05, 4.69) is 17.2 Å². The molecule has 1 amide bonds. The zero-order chi connectivity index (χ0) is 12.5. The van der Waals surface area contributed by atoms with Crippen molar-refractivity contribution in [2.45, 2.75) is 6.92 Å². The van der Waals surface area contributed by atoms with Gasteiger partial charge in [-0.25, -0.2) is 4.79 Å². The summed E-state index contributed by atoms with van der Waals surface area (Å²) in [6.07, 6.45) is -0.448. The molecule has 0 aliphatic carbocycles. The largest absolute Gasteiger partial charge is 0.497 e. The molecule has 0 aliphatic heterocycles. The molecule has 0 unspecified atom stereocenters. The molecule has 1 N–H and O–H groups in total. The first-order valence-electron chi connectivity index (χ1n) is 5.29. The van der Waals surface area contributed by atoms with Crippen LogP contribution in [0.2, 0.25) is 0 Å². The van der Waals surface area contributed by atoms with Gasteiger partial charge in [0.15, 0.2) is 0 Å². The lowest BCUT2D eigenvalue weighted by Gasteiger charge is -2.00. The zero-order valence-electron chi connectivity index (χ0n) is 9.95. The molecule has 0 saturated heterocycles. The summed E-state index contributed by atoms with van der Waals surface area (Å²) in [6, 6.07) is 7.39. The van der Waals surface area contributed by atoms with Crippen molar-refractivity contribution >= 4 is 6.09 Å². The van der Waals surface area contributed by atoms with E-state index >= 15 is 0 Å². The Balaban J connectivity index is 2.40. The number of methoxy groups -OCH3 is 1. The van der Waals surface area contributed by atoms with Gasteiger partial charge in [-0.15, -0.1) is 0 Å². The van der Waals surface area contributed by atoms with E-state index in [9.17, 15) is 4.79 Å². The molecule has 1 aromatic rings. The summed E-state index contributed by atoms with van der Waals surface area (Å²) in [5.74, 6) is 6.54. The Morgan fingerprint density at radius 3 is 2.65 bits per heavy atom. The van der Waals surface area contributed by atoms with Crippen LogP contribution in [0.15, 0.2) is 24.3 Å². The summed E-state index contributed by atoms with van der Waals surface area (Å²) in [5, 5.41) is 2.52. The Kier molecular flexibility index (Phi) is 5.45. The van der Waals surface area contributed by atoms with E-state index in [-0.39, 0.29) is 6.54 Å². The fourth-order valence-corrected chi connectivity index (χ4v) is 1.12. The number of hydrogen-bond donors (Lipinski definition) is 1. The predicted octanol–water partition coefficient (Wildman–Crippen LogP) is 1.79. The number of rotatable bonds is 3. The molecule has 0 spiro atoms. The first kappa shape index (κ1) is 12.9. The van der Waals surface area contributed by atoms with E-state index in [1.54, 1.807) is 14.0 Å². The van der Waals surface area contributed by atoms with E-state index in [1.165, 1.54) is 0 Å². The standard InChI is InChI=1S/C13H15NO3/c1-3-17-13(15)14-10-4-5-11-6-8-12(16-2)9-7-11/h6-9H,3,10H2,1-2H3,(H,14,15). The Labute approximate surface area is 101 Å². The first-order chi connectivity index (χ1) is 8.26. The number of carbonyl (C=O) groups is 1. The second-order valence-corrected chi connectivity index (χ2v) is 3.10. The number of ether oxygens (including phenoxy) is 2. The molecule has 0 bridgehead atoms. The summed E-state index contributed by atoms with van der Waals surface area (Å²) in [5.41, 5.74) is 0.872. The van der Waals surface area contributed by atoms with Gasteiger partial charge in [-0.3, -0.25) is 0 Å². The second kappa shape index (κ2) is 7.18. The van der Waals surface area contributed by atoms with Crippen molar-refractivity contribution in [3.63, 3.8) is 0 Å². The third-order valence-electron chi connectivity index (χ3n) is 1.92. The van der Waals surface area contributed by atoms with Crippen molar-refractivity contribution in [1.82, 2.24) is 5.32 Å². The minimum absolute atomic E-state index is 0.269. The van der Waals surface area contributed by atoms with Crippen LogP contribution in [0, 0.1) is 11.8 Å². The maximum absolute atomic E-state index is 10.9. The third kappa shape index (κ3) is 4.94. The monoisotopic (exact) mass is 233 g/mol. The minimum Gasteiger partial charge on any atom is -0.497 e. The Morgan fingerprint density at radius 1 is 1.35 bits per heavy atom. The predicted molar refractivity (Wildman–Crippen MR) is 64.9 cm³/mol. The Hall–Kier alpha value is -2.15. The summed E-state index contributed by atoms with van der Waals surface area (Å²) in [4.78, 5) is 10.9. The van der Waals surface area contributed by atoms with E-state index in [0.717, 1.165) is 11.3 Å². The maximum atomic E-state index is 10.9. The summed E-state index contributed by atoms with van der Waals surface area (Å²) < 4.78 is 9.72. The van der Waals surface area contributed by atoms with Crippen LogP contribution in [-0.2, 0) is 4.74 Å². The average molecular weight is 233 g/mol. The fraction of sp³-hybridized carbons (Fsp3) is 0.308. The highest BCUT2D eigenvalue weighted by molar-refractivity contribution is 5.67. The number of amides is 1. The van der Waals surface area contributed by atoms with E-state index in [4.69, 9.17) is 9.47 Å². The van der Waals surface area contributed by atoms with Crippen LogP contribution in [0.5, 0.6) is 5.75 Å². The van der Waals surface area contributed by atoms with Crippen molar-refractivity contribution in [1.29, 1.82) is 0 Å². The van der Waals surface area contributed by atoms with Crippen LogP contribution in [0.1, 0.15) is 12.5 Å². The van der Waals surface area contributed by atoms with Gasteiger partial charge in [0.1, 0.15) is 5.75 Å². The summed E-state index contributed by atoms with van der Waals surface area (Å²) in [7, 11) is 1.62. The molecule has 0 fully saturated rings. The molecule has 1 aromatic carbocycles. The van der Waals surface area contributed by atoms with E-state index < -0.39 is 6.09 Å². The maximum Gasteiger partial charge on any atom is 0.407 e. The molecule has 0 saturated carbocycles. The third-order valence-corrected chi connectivity index (χ3v) is 1.92. The lowest BCUT2D eigenvalue weighted by atomic mass is 10.2. The van der Waals surface area contributed by atoms with E-state index in [1.807, 2.05) is 24.3 Å². The number of benzene rings is 1. The van der Waals surface area contributed by atoms with Crippen LogP contribution in [-0.4, -0.2) is 26.4 Å². The highest BCUT2D eigenvalue weighted by atomic mass is 16.5. The zero-order valence-corrected chi connectivity index (χ0v) is 9.95. The lowest BCUT2D eigenvalue weighted by Crippen LogP contribution is -2.24. The Bertz CT molecular complexity index is 415. The topological polar surface area (TPSA) is 47.6 Å². The SMILES string of the molecule is CCOC(=O)NCC#Cc1ccc(OC)cc1. The molecule has 4 heteroatoms. The summed E-state index contributed by atoms with van der Waals surface area (Å²) >= 11 is 0.